The van der Waals surface area contributed by atoms with Gasteiger partial charge in [-0.25, -0.2) is 4.98 Å². The standard InChI is InChI=1S/C13H19N5OS/c1-10-12(20-13(14)15-10)11-2-3-18(16-11)5-4-17-6-8-19-9-7-17/h2-3H,4-9H2,1H3,(H2,14,15). The first-order valence-electron chi connectivity index (χ1n) is 6.79. The third-order valence-corrected chi connectivity index (χ3v) is 4.44. The fraction of sp³-hybridized carbons (Fsp3) is 0.538. The molecule has 1 saturated heterocycles. The van der Waals surface area contributed by atoms with E-state index in [9.17, 15) is 0 Å². The normalized spacial score (nSPS) is 16.6. The largest absolute Gasteiger partial charge is 0.379 e. The Hall–Kier alpha value is -1.44. The third kappa shape index (κ3) is 3.00. The number of hydrogen-bond donors (Lipinski definition) is 1. The Morgan fingerprint density at radius 1 is 1.35 bits per heavy atom. The second-order valence-electron chi connectivity index (χ2n) is 4.88. The van der Waals surface area contributed by atoms with Crippen LogP contribution >= 0.6 is 11.3 Å². The van der Waals surface area contributed by atoms with Crippen LogP contribution in [0.2, 0.25) is 0 Å². The maximum Gasteiger partial charge on any atom is 0.180 e. The van der Waals surface area contributed by atoms with Gasteiger partial charge in [-0.3, -0.25) is 9.58 Å². The lowest BCUT2D eigenvalue weighted by Crippen LogP contribution is -2.38. The molecular weight excluding hydrogens is 274 g/mol. The summed E-state index contributed by atoms with van der Waals surface area (Å²) in [6.07, 6.45) is 2.02. The van der Waals surface area contributed by atoms with Gasteiger partial charge in [-0.15, -0.1) is 0 Å². The molecular formula is C13H19N5OS. The number of aromatic nitrogens is 3. The minimum atomic E-state index is 0.598. The van der Waals surface area contributed by atoms with Crippen molar-refractivity contribution in [3.63, 3.8) is 0 Å². The average Bonchev–Trinajstić information content (AvgIpc) is 3.04. The maximum absolute atomic E-state index is 5.73. The monoisotopic (exact) mass is 293 g/mol. The molecule has 6 nitrogen and oxygen atoms in total. The quantitative estimate of drug-likeness (QED) is 0.918. The number of anilines is 1. The van der Waals surface area contributed by atoms with E-state index in [1.807, 2.05) is 23.9 Å². The first kappa shape index (κ1) is 13.5. The van der Waals surface area contributed by atoms with Crippen LogP contribution in [0.4, 0.5) is 5.13 Å². The molecule has 2 aromatic rings. The molecule has 20 heavy (non-hydrogen) atoms. The predicted octanol–water partition coefficient (Wildman–Crippen LogP) is 1.23. The molecule has 0 aromatic carbocycles. The molecule has 1 fully saturated rings. The molecule has 0 unspecified atom stereocenters. The van der Waals surface area contributed by atoms with Crippen molar-refractivity contribution in [3.8, 4) is 10.6 Å². The van der Waals surface area contributed by atoms with Gasteiger partial charge >= 0.3 is 0 Å². The van der Waals surface area contributed by atoms with Crippen LogP contribution in [0, 0.1) is 6.92 Å². The van der Waals surface area contributed by atoms with Crippen molar-refractivity contribution >= 4 is 16.5 Å². The average molecular weight is 293 g/mol. The van der Waals surface area contributed by atoms with Crippen LogP contribution in [0.5, 0.6) is 0 Å². The number of morpholine rings is 1. The first-order chi connectivity index (χ1) is 9.72. The van der Waals surface area contributed by atoms with Gasteiger partial charge in [0.25, 0.3) is 0 Å². The minimum Gasteiger partial charge on any atom is -0.379 e. The van der Waals surface area contributed by atoms with E-state index in [4.69, 9.17) is 10.5 Å². The third-order valence-electron chi connectivity index (χ3n) is 3.44. The summed E-state index contributed by atoms with van der Waals surface area (Å²) in [6.45, 7) is 7.57. The van der Waals surface area contributed by atoms with E-state index in [0.717, 1.165) is 55.7 Å². The number of nitrogens with two attached hydrogens (primary N) is 1. The van der Waals surface area contributed by atoms with Crippen molar-refractivity contribution in [1.29, 1.82) is 0 Å². The molecule has 108 valence electrons. The van der Waals surface area contributed by atoms with Crippen LogP contribution in [0.1, 0.15) is 5.69 Å². The zero-order chi connectivity index (χ0) is 13.9. The highest BCUT2D eigenvalue weighted by atomic mass is 32.1. The second kappa shape index (κ2) is 5.90. The van der Waals surface area contributed by atoms with Gasteiger partial charge in [0, 0.05) is 25.8 Å². The summed E-state index contributed by atoms with van der Waals surface area (Å²) < 4.78 is 7.33. The van der Waals surface area contributed by atoms with E-state index in [2.05, 4.69) is 15.0 Å². The molecule has 0 atom stereocenters. The zero-order valence-corrected chi connectivity index (χ0v) is 12.4. The van der Waals surface area contributed by atoms with E-state index < -0.39 is 0 Å². The van der Waals surface area contributed by atoms with Gasteiger partial charge < -0.3 is 10.5 Å². The van der Waals surface area contributed by atoms with Crippen molar-refractivity contribution in [1.82, 2.24) is 19.7 Å². The fourth-order valence-electron chi connectivity index (χ4n) is 2.33. The van der Waals surface area contributed by atoms with E-state index >= 15 is 0 Å². The van der Waals surface area contributed by atoms with Crippen molar-refractivity contribution in [2.75, 3.05) is 38.6 Å². The summed E-state index contributed by atoms with van der Waals surface area (Å²) in [4.78, 5) is 7.71. The SMILES string of the molecule is Cc1nc(N)sc1-c1ccn(CCN2CCOCC2)n1. The molecule has 3 rings (SSSR count). The first-order valence-corrected chi connectivity index (χ1v) is 7.61. The summed E-state index contributed by atoms with van der Waals surface area (Å²) in [6, 6.07) is 2.03. The van der Waals surface area contributed by atoms with Crippen molar-refractivity contribution in [3.05, 3.63) is 18.0 Å². The summed E-state index contributed by atoms with van der Waals surface area (Å²) in [5.41, 5.74) is 7.64. The van der Waals surface area contributed by atoms with Gasteiger partial charge in [0.2, 0.25) is 0 Å². The number of rotatable bonds is 4. The highest BCUT2D eigenvalue weighted by molar-refractivity contribution is 7.18. The van der Waals surface area contributed by atoms with Crippen molar-refractivity contribution in [2.45, 2.75) is 13.5 Å². The molecule has 7 heteroatoms. The number of nitrogen functional groups attached to an aromatic ring is 1. The number of thiazole rings is 1. The van der Waals surface area contributed by atoms with Crippen LogP contribution in [-0.4, -0.2) is 52.5 Å². The fourth-order valence-corrected chi connectivity index (χ4v) is 3.13. The molecule has 0 radical (unpaired) electrons. The van der Waals surface area contributed by atoms with Crippen LogP contribution < -0.4 is 5.73 Å². The highest BCUT2D eigenvalue weighted by Crippen LogP contribution is 2.29. The summed E-state index contributed by atoms with van der Waals surface area (Å²) in [7, 11) is 0. The van der Waals surface area contributed by atoms with E-state index in [1.54, 1.807) is 0 Å². The molecule has 0 amide bonds. The molecule has 0 saturated carbocycles. The van der Waals surface area contributed by atoms with Crippen LogP contribution in [-0.2, 0) is 11.3 Å². The minimum absolute atomic E-state index is 0.598. The van der Waals surface area contributed by atoms with Crippen LogP contribution in [0.15, 0.2) is 12.3 Å². The summed E-state index contributed by atoms with van der Waals surface area (Å²) in [5.74, 6) is 0. The summed E-state index contributed by atoms with van der Waals surface area (Å²) in [5, 5.41) is 5.21. The number of nitrogens with zero attached hydrogens (tertiary/aromatic N) is 4. The van der Waals surface area contributed by atoms with Crippen molar-refractivity contribution in [2.24, 2.45) is 0 Å². The number of ether oxygens (including phenoxy) is 1. The lowest BCUT2D eigenvalue weighted by molar-refractivity contribution is 0.0360. The van der Waals surface area contributed by atoms with Crippen LogP contribution in [0.3, 0.4) is 0 Å². The maximum atomic E-state index is 5.73. The number of hydrogen-bond acceptors (Lipinski definition) is 6. The van der Waals surface area contributed by atoms with E-state index in [-0.39, 0.29) is 0 Å². The molecule has 2 aromatic heterocycles. The van der Waals surface area contributed by atoms with E-state index in [0.29, 0.717) is 5.13 Å². The number of aryl methyl sites for hydroxylation is 1. The van der Waals surface area contributed by atoms with Gasteiger partial charge in [-0.05, 0) is 13.0 Å². The van der Waals surface area contributed by atoms with Crippen molar-refractivity contribution < 1.29 is 4.74 Å². The Morgan fingerprint density at radius 3 is 2.85 bits per heavy atom. The molecule has 3 heterocycles. The van der Waals surface area contributed by atoms with Gasteiger partial charge in [-0.1, -0.05) is 11.3 Å². The Kier molecular flexibility index (Phi) is 4.00. The predicted molar refractivity (Wildman–Crippen MR) is 79.7 cm³/mol. The Morgan fingerprint density at radius 2 is 2.15 bits per heavy atom. The molecule has 2 N–H and O–H groups in total. The highest BCUT2D eigenvalue weighted by Gasteiger charge is 2.12. The zero-order valence-electron chi connectivity index (χ0n) is 11.6. The molecule has 1 aliphatic rings. The Balaban J connectivity index is 1.63. The topological polar surface area (TPSA) is 69.2 Å². The smallest absolute Gasteiger partial charge is 0.180 e. The van der Waals surface area contributed by atoms with E-state index in [1.165, 1.54) is 11.3 Å². The van der Waals surface area contributed by atoms with Gasteiger partial charge in [0.05, 0.1) is 30.3 Å². The van der Waals surface area contributed by atoms with Gasteiger partial charge in [0.1, 0.15) is 5.69 Å². The molecule has 0 spiro atoms. The Bertz CT molecular complexity index is 573. The molecule has 1 aliphatic heterocycles. The lowest BCUT2D eigenvalue weighted by Gasteiger charge is -2.26. The lowest BCUT2D eigenvalue weighted by atomic mass is 10.3. The van der Waals surface area contributed by atoms with Gasteiger partial charge in [-0.2, -0.15) is 5.10 Å². The second-order valence-corrected chi connectivity index (χ2v) is 5.92. The van der Waals surface area contributed by atoms with Gasteiger partial charge in [0.15, 0.2) is 5.13 Å². The molecule has 0 bridgehead atoms. The molecule has 0 aliphatic carbocycles. The van der Waals surface area contributed by atoms with Crippen LogP contribution in [0.25, 0.3) is 10.6 Å². The Labute approximate surface area is 122 Å². The summed E-state index contributed by atoms with van der Waals surface area (Å²) >= 11 is 1.49.